The van der Waals surface area contributed by atoms with E-state index in [1.54, 1.807) is 14.2 Å². The first kappa shape index (κ1) is 18.3. The SMILES string of the molecule is C=Cc1cc2c(cc1OC)CN(c1cnnc3cc(CC)c(OC)cc13)CC2. The van der Waals surface area contributed by atoms with E-state index < -0.39 is 0 Å². The Morgan fingerprint density at radius 2 is 1.93 bits per heavy atom. The molecule has 0 bridgehead atoms. The van der Waals surface area contributed by atoms with E-state index in [9.17, 15) is 0 Å². The number of aryl methyl sites for hydroxylation is 1. The fourth-order valence-corrected chi connectivity index (χ4v) is 3.98. The standard InChI is InChI=1S/C23H25N3O2/c1-5-15-9-17-7-8-26(14-18(17)11-22(15)27-3)21-13-24-25-20-10-16(6-2)23(28-4)12-19(20)21/h5,9-13H,1,6-8,14H2,2-4H3. The molecule has 1 aliphatic rings. The lowest BCUT2D eigenvalue weighted by Gasteiger charge is -2.32. The van der Waals surface area contributed by atoms with Crippen LogP contribution in [0.4, 0.5) is 5.69 Å². The van der Waals surface area contributed by atoms with Gasteiger partial charge in [-0.2, -0.15) is 10.2 Å². The summed E-state index contributed by atoms with van der Waals surface area (Å²) in [6.07, 6.45) is 5.57. The lowest BCUT2D eigenvalue weighted by Crippen LogP contribution is -2.30. The first-order valence-electron chi connectivity index (χ1n) is 9.58. The number of nitrogens with zero attached hydrogens (tertiary/aromatic N) is 3. The maximum Gasteiger partial charge on any atom is 0.126 e. The van der Waals surface area contributed by atoms with Gasteiger partial charge in [0.15, 0.2) is 0 Å². The Bertz CT molecular complexity index is 1050. The molecule has 1 aliphatic heterocycles. The Labute approximate surface area is 165 Å². The number of fused-ring (bicyclic) bond motifs is 2. The number of aromatic nitrogens is 2. The van der Waals surface area contributed by atoms with Crippen LogP contribution in [0.25, 0.3) is 17.0 Å². The monoisotopic (exact) mass is 375 g/mol. The van der Waals surface area contributed by atoms with Gasteiger partial charge >= 0.3 is 0 Å². The highest BCUT2D eigenvalue weighted by Gasteiger charge is 2.21. The molecule has 0 aliphatic carbocycles. The highest BCUT2D eigenvalue weighted by Crippen LogP contribution is 2.35. The molecule has 0 radical (unpaired) electrons. The summed E-state index contributed by atoms with van der Waals surface area (Å²) in [6.45, 7) is 7.75. The lowest BCUT2D eigenvalue weighted by molar-refractivity contribution is 0.411. The molecular formula is C23H25N3O2. The largest absolute Gasteiger partial charge is 0.496 e. The van der Waals surface area contributed by atoms with Gasteiger partial charge in [-0.15, -0.1) is 0 Å². The summed E-state index contributed by atoms with van der Waals surface area (Å²) in [7, 11) is 3.42. The molecule has 0 amide bonds. The first-order chi connectivity index (χ1) is 13.7. The van der Waals surface area contributed by atoms with Crippen LogP contribution in [0.3, 0.4) is 0 Å². The van der Waals surface area contributed by atoms with E-state index in [1.807, 2.05) is 12.3 Å². The van der Waals surface area contributed by atoms with Gasteiger partial charge in [-0.25, -0.2) is 0 Å². The van der Waals surface area contributed by atoms with Gasteiger partial charge in [-0.1, -0.05) is 19.6 Å². The number of rotatable bonds is 5. The second kappa shape index (κ2) is 7.50. The van der Waals surface area contributed by atoms with E-state index in [2.05, 4.69) is 52.9 Å². The van der Waals surface area contributed by atoms with Gasteiger partial charge < -0.3 is 14.4 Å². The average Bonchev–Trinajstić information content (AvgIpc) is 2.76. The summed E-state index contributed by atoms with van der Waals surface area (Å²) >= 11 is 0. The molecular weight excluding hydrogens is 350 g/mol. The van der Waals surface area contributed by atoms with Crippen molar-refractivity contribution < 1.29 is 9.47 Å². The molecule has 5 heteroatoms. The summed E-state index contributed by atoms with van der Waals surface area (Å²) in [5.41, 5.74) is 6.80. The maximum absolute atomic E-state index is 5.61. The van der Waals surface area contributed by atoms with Crippen LogP contribution in [0.5, 0.6) is 11.5 Å². The molecule has 0 fully saturated rings. The summed E-state index contributed by atoms with van der Waals surface area (Å²) in [6, 6.07) is 8.50. The predicted octanol–water partition coefficient (Wildman–Crippen LogP) is 4.42. The molecule has 4 rings (SSSR count). The Morgan fingerprint density at radius 3 is 2.64 bits per heavy atom. The van der Waals surface area contributed by atoms with Crippen LogP contribution in [0.1, 0.15) is 29.2 Å². The number of anilines is 1. The van der Waals surface area contributed by atoms with Gasteiger partial charge in [0, 0.05) is 24.0 Å². The summed E-state index contributed by atoms with van der Waals surface area (Å²) < 4.78 is 11.1. The van der Waals surface area contributed by atoms with Crippen LogP contribution in [-0.4, -0.2) is 31.0 Å². The zero-order chi connectivity index (χ0) is 19.7. The Balaban J connectivity index is 1.76. The molecule has 2 aromatic carbocycles. The van der Waals surface area contributed by atoms with Gasteiger partial charge in [0.25, 0.3) is 0 Å². The normalized spacial score (nSPS) is 13.3. The van der Waals surface area contributed by atoms with E-state index in [0.29, 0.717) is 0 Å². The Hall–Kier alpha value is -3.08. The van der Waals surface area contributed by atoms with Crippen molar-refractivity contribution in [3.8, 4) is 11.5 Å². The van der Waals surface area contributed by atoms with Crippen molar-refractivity contribution in [1.29, 1.82) is 0 Å². The molecule has 3 aromatic rings. The summed E-state index contributed by atoms with van der Waals surface area (Å²) in [5.74, 6) is 1.77. The van der Waals surface area contributed by atoms with Gasteiger partial charge in [0.1, 0.15) is 11.5 Å². The second-order valence-electron chi connectivity index (χ2n) is 7.00. The molecule has 144 valence electrons. The molecule has 5 nitrogen and oxygen atoms in total. The van der Waals surface area contributed by atoms with E-state index in [-0.39, 0.29) is 0 Å². The Morgan fingerprint density at radius 1 is 1.11 bits per heavy atom. The third kappa shape index (κ3) is 3.07. The zero-order valence-corrected chi connectivity index (χ0v) is 16.7. The molecule has 0 N–H and O–H groups in total. The zero-order valence-electron chi connectivity index (χ0n) is 16.7. The van der Waals surface area contributed by atoms with Crippen LogP contribution < -0.4 is 14.4 Å². The highest BCUT2D eigenvalue weighted by atomic mass is 16.5. The molecule has 0 unspecified atom stereocenters. The Kier molecular flexibility index (Phi) is 4.90. The van der Waals surface area contributed by atoms with Gasteiger partial charge in [0.05, 0.1) is 31.6 Å². The molecule has 1 aromatic heterocycles. The lowest BCUT2D eigenvalue weighted by atomic mass is 9.95. The minimum Gasteiger partial charge on any atom is -0.496 e. The van der Waals surface area contributed by atoms with Crippen molar-refractivity contribution in [3.63, 3.8) is 0 Å². The van der Waals surface area contributed by atoms with Crippen LogP contribution >= 0.6 is 0 Å². The fraction of sp³-hybridized carbons (Fsp3) is 0.304. The molecule has 0 saturated carbocycles. The average molecular weight is 375 g/mol. The van der Waals surface area contributed by atoms with Crippen molar-refractivity contribution in [2.75, 3.05) is 25.7 Å². The molecule has 28 heavy (non-hydrogen) atoms. The van der Waals surface area contributed by atoms with Crippen molar-refractivity contribution in [3.05, 3.63) is 59.3 Å². The van der Waals surface area contributed by atoms with Crippen molar-refractivity contribution in [2.45, 2.75) is 26.3 Å². The van der Waals surface area contributed by atoms with E-state index in [1.165, 1.54) is 11.1 Å². The molecule has 2 heterocycles. The molecule has 0 spiro atoms. The van der Waals surface area contributed by atoms with E-state index in [0.717, 1.165) is 65.1 Å². The van der Waals surface area contributed by atoms with Crippen molar-refractivity contribution in [2.24, 2.45) is 0 Å². The number of methoxy groups -OCH3 is 2. The number of hydrogen-bond donors (Lipinski definition) is 0. The third-order valence-electron chi connectivity index (χ3n) is 5.53. The third-order valence-corrected chi connectivity index (χ3v) is 5.53. The minimum absolute atomic E-state index is 0.807. The van der Waals surface area contributed by atoms with Crippen LogP contribution in [-0.2, 0) is 19.4 Å². The van der Waals surface area contributed by atoms with E-state index in [4.69, 9.17) is 9.47 Å². The fourth-order valence-electron chi connectivity index (χ4n) is 3.98. The van der Waals surface area contributed by atoms with Crippen LogP contribution in [0.15, 0.2) is 37.0 Å². The smallest absolute Gasteiger partial charge is 0.126 e. The number of ether oxygens (including phenoxy) is 2. The van der Waals surface area contributed by atoms with Crippen molar-refractivity contribution in [1.82, 2.24) is 10.2 Å². The first-order valence-corrected chi connectivity index (χ1v) is 9.58. The van der Waals surface area contributed by atoms with Crippen LogP contribution in [0, 0.1) is 0 Å². The second-order valence-corrected chi connectivity index (χ2v) is 7.00. The van der Waals surface area contributed by atoms with Gasteiger partial charge in [-0.05, 0) is 53.8 Å². The van der Waals surface area contributed by atoms with Crippen molar-refractivity contribution >= 4 is 22.7 Å². The predicted molar refractivity (Wildman–Crippen MR) is 113 cm³/mol. The summed E-state index contributed by atoms with van der Waals surface area (Å²) in [4.78, 5) is 2.36. The van der Waals surface area contributed by atoms with Gasteiger partial charge in [0.2, 0.25) is 0 Å². The quantitative estimate of drug-likeness (QED) is 0.661. The molecule has 0 atom stereocenters. The maximum atomic E-state index is 5.61. The number of benzene rings is 2. The van der Waals surface area contributed by atoms with Gasteiger partial charge in [-0.3, -0.25) is 0 Å². The summed E-state index contributed by atoms with van der Waals surface area (Å²) in [5, 5.41) is 9.69. The minimum atomic E-state index is 0.807. The number of hydrogen-bond acceptors (Lipinski definition) is 5. The highest BCUT2D eigenvalue weighted by molar-refractivity contribution is 5.92. The van der Waals surface area contributed by atoms with E-state index >= 15 is 0 Å². The topological polar surface area (TPSA) is 47.5 Å². The van der Waals surface area contributed by atoms with Crippen LogP contribution in [0.2, 0.25) is 0 Å². The molecule has 0 saturated heterocycles.